The first-order valence-corrected chi connectivity index (χ1v) is 4.23. The standard InChI is InChI=1S/C8H17NO4/c1-12-5-6-13-4-2-3-7(9)8(10)11/h7H,2-6,9H2,1H3,(H,10,11)/t7-/m1/s1. The summed E-state index contributed by atoms with van der Waals surface area (Å²) in [5, 5.41) is 8.44. The minimum atomic E-state index is -0.961. The van der Waals surface area contributed by atoms with Gasteiger partial charge >= 0.3 is 5.97 Å². The molecule has 78 valence electrons. The van der Waals surface area contributed by atoms with E-state index >= 15 is 0 Å². The molecule has 0 amide bonds. The number of hydrogen-bond donors (Lipinski definition) is 2. The van der Waals surface area contributed by atoms with E-state index in [4.69, 9.17) is 20.3 Å². The fourth-order valence-electron chi connectivity index (χ4n) is 0.773. The largest absolute Gasteiger partial charge is 0.480 e. The summed E-state index contributed by atoms with van der Waals surface area (Å²) in [7, 11) is 1.60. The van der Waals surface area contributed by atoms with E-state index in [-0.39, 0.29) is 0 Å². The molecule has 0 spiro atoms. The highest BCUT2D eigenvalue weighted by atomic mass is 16.5. The van der Waals surface area contributed by atoms with Gasteiger partial charge in [-0.2, -0.15) is 0 Å². The number of aliphatic carboxylic acids is 1. The van der Waals surface area contributed by atoms with Crippen molar-refractivity contribution in [2.45, 2.75) is 18.9 Å². The van der Waals surface area contributed by atoms with Crippen LogP contribution in [0.2, 0.25) is 0 Å². The lowest BCUT2D eigenvalue weighted by Gasteiger charge is -2.06. The van der Waals surface area contributed by atoms with Gasteiger partial charge < -0.3 is 20.3 Å². The van der Waals surface area contributed by atoms with Crippen LogP contribution in [0.4, 0.5) is 0 Å². The van der Waals surface area contributed by atoms with Gasteiger partial charge in [-0.05, 0) is 12.8 Å². The second-order valence-electron chi connectivity index (χ2n) is 2.69. The van der Waals surface area contributed by atoms with Gasteiger partial charge in [0.05, 0.1) is 13.2 Å². The van der Waals surface area contributed by atoms with Gasteiger partial charge in [0.25, 0.3) is 0 Å². The quantitative estimate of drug-likeness (QED) is 0.521. The first-order valence-electron chi connectivity index (χ1n) is 4.23. The number of rotatable bonds is 8. The molecule has 0 heterocycles. The van der Waals surface area contributed by atoms with Crippen LogP contribution in [-0.4, -0.2) is 44.0 Å². The fourth-order valence-corrected chi connectivity index (χ4v) is 0.773. The van der Waals surface area contributed by atoms with Crippen LogP contribution in [-0.2, 0) is 14.3 Å². The van der Waals surface area contributed by atoms with Gasteiger partial charge in [0.2, 0.25) is 0 Å². The highest BCUT2D eigenvalue weighted by Gasteiger charge is 2.09. The van der Waals surface area contributed by atoms with E-state index in [9.17, 15) is 4.79 Å². The number of ether oxygens (including phenoxy) is 2. The van der Waals surface area contributed by atoms with Crippen molar-refractivity contribution >= 4 is 5.97 Å². The Bertz CT molecular complexity index is 140. The van der Waals surface area contributed by atoms with E-state index in [0.29, 0.717) is 32.7 Å². The average Bonchev–Trinajstić information content (AvgIpc) is 2.10. The highest BCUT2D eigenvalue weighted by Crippen LogP contribution is 1.95. The molecule has 0 unspecified atom stereocenters. The zero-order chi connectivity index (χ0) is 10.1. The zero-order valence-electron chi connectivity index (χ0n) is 7.86. The molecule has 0 bridgehead atoms. The maximum absolute atomic E-state index is 10.3. The van der Waals surface area contributed by atoms with Crippen LogP contribution in [0.5, 0.6) is 0 Å². The molecule has 0 radical (unpaired) electrons. The van der Waals surface area contributed by atoms with Gasteiger partial charge in [0, 0.05) is 13.7 Å². The Morgan fingerprint density at radius 2 is 2.15 bits per heavy atom. The number of carboxylic acids is 1. The van der Waals surface area contributed by atoms with E-state index in [0.717, 1.165) is 0 Å². The summed E-state index contributed by atoms with van der Waals surface area (Å²) >= 11 is 0. The first kappa shape index (κ1) is 12.3. The van der Waals surface area contributed by atoms with E-state index < -0.39 is 12.0 Å². The molecule has 5 nitrogen and oxygen atoms in total. The lowest BCUT2D eigenvalue weighted by atomic mass is 10.2. The Kier molecular flexibility index (Phi) is 7.57. The molecule has 0 rings (SSSR count). The molecule has 0 aliphatic heterocycles. The molecular formula is C8H17NO4. The summed E-state index contributed by atoms with van der Waals surface area (Å²) in [6, 6.07) is -0.772. The van der Waals surface area contributed by atoms with Crippen LogP contribution in [0.1, 0.15) is 12.8 Å². The van der Waals surface area contributed by atoms with Gasteiger partial charge in [0.1, 0.15) is 6.04 Å². The molecule has 13 heavy (non-hydrogen) atoms. The minimum absolute atomic E-state index is 0.447. The van der Waals surface area contributed by atoms with Crippen LogP contribution in [0, 0.1) is 0 Å². The molecule has 5 heteroatoms. The van der Waals surface area contributed by atoms with Crippen molar-refractivity contribution < 1.29 is 19.4 Å². The highest BCUT2D eigenvalue weighted by molar-refractivity contribution is 5.72. The summed E-state index contributed by atoms with van der Waals surface area (Å²) < 4.78 is 9.89. The Hall–Kier alpha value is -0.650. The minimum Gasteiger partial charge on any atom is -0.480 e. The predicted octanol–water partition coefficient (Wildman–Crippen LogP) is -0.158. The maximum atomic E-state index is 10.3. The smallest absolute Gasteiger partial charge is 0.320 e. The molecule has 0 aliphatic carbocycles. The zero-order valence-corrected chi connectivity index (χ0v) is 7.86. The molecule has 1 atom stereocenters. The normalized spacial score (nSPS) is 12.8. The second-order valence-corrected chi connectivity index (χ2v) is 2.69. The first-order chi connectivity index (χ1) is 6.18. The predicted molar refractivity (Wildman–Crippen MR) is 47.5 cm³/mol. The monoisotopic (exact) mass is 191 g/mol. The van der Waals surface area contributed by atoms with E-state index in [1.165, 1.54) is 0 Å². The van der Waals surface area contributed by atoms with Crippen LogP contribution in [0.3, 0.4) is 0 Å². The number of methoxy groups -OCH3 is 1. The number of nitrogens with two attached hydrogens (primary N) is 1. The number of carbonyl (C=O) groups is 1. The lowest BCUT2D eigenvalue weighted by molar-refractivity contribution is -0.138. The Morgan fingerprint density at radius 1 is 1.46 bits per heavy atom. The molecule has 3 N–H and O–H groups in total. The SMILES string of the molecule is COCCOCCC[C@@H](N)C(=O)O. The Labute approximate surface area is 77.8 Å². The van der Waals surface area contributed by atoms with Crippen molar-refractivity contribution in [2.24, 2.45) is 5.73 Å². The number of hydrogen-bond acceptors (Lipinski definition) is 4. The van der Waals surface area contributed by atoms with E-state index in [1.807, 2.05) is 0 Å². The molecule has 0 fully saturated rings. The summed E-state index contributed by atoms with van der Waals surface area (Å²) in [6.45, 7) is 1.63. The van der Waals surface area contributed by atoms with Crippen molar-refractivity contribution in [3.63, 3.8) is 0 Å². The molecule has 0 saturated carbocycles. The summed E-state index contributed by atoms with van der Waals surface area (Å²) in [6.07, 6.45) is 1.11. The maximum Gasteiger partial charge on any atom is 0.320 e. The Balaban J connectivity index is 3.11. The van der Waals surface area contributed by atoms with Crippen molar-refractivity contribution in [3.05, 3.63) is 0 Å². The summed E-state index contributed by atoms with van der Waals surface area (Å²) in [5.41, 5.74) is 5.28. The topological polar surface area (TPSA) is 81.8 Å². The van der Waals surface area contributed by atoms with Crippen LogP contribution in [0.15, 0.2) is 0 Å². The second kappa shape index (κ2) is 7.97. The van der Waals surface area contributed by atoms with Crippen LogP contribution >= 0.6 is 0 Å². The lowest BCUT2D eigenvalue weighted by Crippen LogP contribution is -2.30. The third kappa shape index (κ3) is 7.70. The van der Waals surface area contributed by atoms with Crippen LogP contribution in [0.25, 0.3) is 0 Å². The van der Waals surface area contributed by atoms with Crippen molar-refractivity contribution in [3.8, 4) is 0 Å². The Morgan fingerprint density at radius 3 is 2.69 bits per heavy atom. The van der Waals surface area contributed by atoms with Crippen molar-refractivity contribution in [2.75, 3.05) is 26.9 Å². The van der Waals surface area contributed by atoms with Gasteiger partial charge in [0.15, 0.2) is 0 Å². The average molecular weight is 191 g/mol. The van der Waals surface area contributed by atoms with Crippen LogP contribution < -0.4 is 5.73 Å². The molecular weight excluding hydrogens is 174 g/mol. The van der Waals surface area contributed by atoms with Gasteiger partial charge in [-0.15, -0.1) is 0 Å². The summed E-state index contributed by atoms with van der Waals surface area (Å²) in [4.78, 5) is 10.3. The summed E-state index contributed by atoms with van der Waals surface area (Å²) in [5.74, 6) is -0.961. The molecule has 0 aromatic rings. The molecule has 0 saturated heterocycles. The van der Waals surface area contributed by atoms with Crippen molar-refractivity contribution in [1.82, 2.24) is 0 Å². The molecule has 0 aliphatic rings. The van der Waals surface area contributed by atoms with Gasteiger partial charge in [-0.25, -0.2) is 0 Å². The molecule has 0 aromatic heterocycles. The van der Waals surface area contributed by atoms with E-state index in [2.05, 4.69) is 0 Å². The third-order valence-electron chi connectivity index (χ3n) is 1.55. The van der Waals surface area contributed by atoms with Crippen molar-refractivity contribution in [1.29, 1.82) is 0 Å². The molecule has 0 aromatic carbocycles. The fraction of sp³-hybridized carbons (Fsp3) is 0.875. The van der Waals surface area contributed by atoms with Gasteiger partial charge in [-0.1, -0.05) is 0 Å². The van der Waals surface area contributed by atoms with Gasteiger partial charge in [-0.3, -0.25) is 4.79 Å². The third-order valence-corrected chi connectivity index (χ3v) is 1.55. The number of carboxylic acid groups (broad SMARTS) is 1. The van der Waals surface area contributed by atoms with E-state index in [1.54, 1.807) is 7.11 Å².